The normalized spacial score (nSPS) is 19.3. The van der Waals surface area contributed by atoms with Crippen LogP contribution < -0.4 is 15.4 Å². The third kappa shape index (κ3) is 3.44. The second-order valence-corrected chi connectivity index (χ2v) is 8.58. The lowest BCUT2D eigenvalue weighted by Crippen LogP contribution is -2.48. The first-order valence-electron chi connectivity index (χ1n) is 11.1. The van der Waals surface area contributed by atoms with E-state index in [0.717, 1.165) is 30.8 Å². The van der Waals surface area contributed by atoms with Gasteiger partial charge in [0.25, 0.3) is 5.56 Å². The Labute approximate surface area is 191 Å². The van der Waals surface area contributed by atoms with Crippen LogP contribution in [0.4, 0.5) is 11.6 Å². The van der Waals surface area contributed by atoms with Crippen molar-refractivity contribution in [3.8, 4) is 22.5 Å². The number of fused-ring (bicyclic) bond motifs is 2. The van der Waals surface area contributed by atoms with E-state index in [9.17, 15) is 4.79 Å². The molecule has 0 saturated carbocycles. The van der Waals surface area contributed by atoms with Gasteiger partial charge in [0.15, 0.2) is 0 Å². The number of hydrogen-bond donors (Lipinski definition) is 0. The molecule has 2 saturated heterocycles. The minimum absolute atomic E-state index is 0.0898. The molecule has 8 heteroatoms. The number of aromatic nitrogens is 5. The smallest absolute Gasteiger partial charge is 0.255 e. The summed E-state index contributed by atoms with van der Waals surface area (Å²) in [4.78, 5) is 35.0. The molecule has 2 bridgehead atoms. The highest BCUT2D eigenvalue weighted by Gasteiger charge is 2.44. The van der Waals surface area contributed by atoms with Gasteiger partial charge in [0.2, 0.25) is 5.95 Å². The summed E-state index contributed by atoms with van der Waals surface area (Å²) in [6, 6.07) is 16.5. The Morgan fingerprint density at radius 3 is 2.45 bits per heavy atom. The first-order valence-corrected chi connectivity index (χ1v) is 11.1. The molecule has 0 aliphatic carbocycles. The topological polar surface area (TPSA) is 80.0 Å². The van der Waals surface area contributed by atoms with E-state index in [1.165, 1.54) is 18.0 Å². The molecule has 6 rings (SSSR count). The summed E-state index contributed by atoms with van der Waals surface area (Å²) in [6.07, 6.45) is 8.03. The Morgan fingerprint density at radius 2 is 1.70 bits per heavy atom. The van der Waals surface area contributed by atoms with E-state index in [-0.39, 0.29) is 11.6 Å². The van der Waals surface area contributed by atoms with E-state index in [2.05, 4.69) is 43.0 Å². The zero-order chi connectivity index (χ0) is 22.4. The second kappa shape index (κ2) is 7.81. The fourth-order valence-electron chi connectivity index (χ4n) is 4.96. The molecule has 3 aromatic heterocycles. The van der Waals surface area contributed by atoms with Gasteiger partial charge in [0.05, 0.1) is 29.3 Å². The van der Waals surface area contributed by atoms with Crippen LogP contribution >= 0.6 is 0 Å². The van der Waals surface area contributed by atoms with E-state index in [1.807, 2.05) is 30.6 Å². The maximum absolute atomic E-state index is 12.7. The van der Waals surface area contributed by atoms with Gasteiger partial charge in [-0.25, -0.2) is 15.0 Å². The largest absolute Gasteiger partial charge is 0.363 e. The Hall–Kier alpha value is -4.07. The number of benzene rings is 1. The van der Waals surface area contributed by atoms with Gasteiger partial charge in [0, 0.05) is 50.2 Å². The highest BCUT2D eigenvalue weighted by atomic mass is 16.1. The number of hydrogen-bond acceptors (Lipinski definition) is 7. The van der Waals surface area contributed by atoms with E-state index < -0.39 is 0 Å². The minimum Gasteiger partial charge on any atom is -0.363 e. The molecule has 2 fully saturated rings. The molecule has 1 unspecified atom stereocenters. The highest BCUT2D eigenvalue weighted by molar-refractivity contribution is 5.68. The first-order chi connectivity index (χ1) is 16.2. The number of anilines is 2. The summed E-state index contributed by atoms with van der Waals surface area (Å²) >= 11 is 0. The van der Waals surface area contributed by atoms with E-state index in [0.29, 0.717) is 23.4 Å². The molecular weight excluding hydrogens is 414 g/mol. The molecule has 8 nitrogen and oxygen atoms in total. The molecule has 0 radical (unpaired) electrons. The van der Waals surface area contributed by atoms with Gasteiger partial charge in [-0.1, -0.05) is 30.3 Å². The molecule has 0 N–H and O–H groups in total. The summed E-state index contributed by atoms with van der Waals surface area (Å²) < 4.78 is 1.63. The first kappa shape index (κ1) is 19.6. The highest BCUT2D eigenvalue weighted by Crippen LogP contribution is 2.37. The minimum atomic E-state index is -0.0898. The lowest BCUT2D eigenvalue weighted by Gasteiger charge is -2.36. The zero-order valence-corrected chi connectivity index (χ0v) is 18.2. The van der Waals surface area contributed by atoms with Gasteiger partial charge in [-0.15, -0.1) is 0 Å². The van der Waals surface area contributed by atoms with Gasteiger partial charge in [0.1, 0.15) is 6.33 Å². The SMILES string of the molecule is Cn1c(N2CC3C[C@@H]2CN3c2cncc(-c3ccccc3)c2)nc(-c2ccncn2)cc1=O. The monoisotopic (exact) mass is 437 g/mol. The van der Waals surface area contributed by atoms with Crippen molar-refractivity contribution < 1.29 is 0 Å². The standard InChI is InChI=1S/C25H23N7O/c1-30-24(33)11-23(22-7-8-26-16-28-22)29-25(30)32-15-20-10-21(32)14-31(20)19-9-18(12-27-13-19)17-5-3-2-4-6-17/h2-9,11-13,16,20-21H,10,14-15H2,1H3/t20?,21-/m1/s1. The fourth-order valence-corrected chi connectivity index (χ4v) is 4.96. The van der Waals surface area contributed by atoms with Gasteiger partial charge >= 0.3 is 0 Å². The van der Waals surface area contributed by atoms with Crippen LogP contribution in [-0.4, -0.2) is 49.7 Å². The van der Waals surface area contributed by atoms with Crippen molar-refractivity contribution in [3.05, 3.63) is 83.8 Å². The number of pyridine rings is 1. The third-order valence-corrected chi connectivity index (χ3v) is 6.62. The van der Waals surface area contributed by atoms with Crippen LogP contribution in [0, 0.1) is 0 Å². The Balaban J connectivity index is 1.28. The molecule has 5 heterocycles. The molecule has 0 spiro atoms. The summed E-state index contributed by atoms with van der Waals surface area (Å²) in [5.41, 5.74) is 4.56. The van der Waals surface area contributed by atoms with Crippen molar-refractivity contribution in [1.82, 2.24) is 24.5 Å². The summed E-state index contributed by atoms with van der Waals surface area (Å²) in [5, 5.41) is 0. The maximum atomic E-state index is 12.7. The molecule has 2 atom stereocenters. The average Bonchev–Trinajstić information content (AvgIpc) is 3.48. The van der Waals surface area contributed by atoms with Gasteiger partial charge in [-0.3, -0.25) is 14.3 Å². The fraction of sp³-hybridized carbons (Fsp3) is 0.240. The van der Waals surface area contributed by atoms with Gasteiger partial charge in [-0.05, 0) is 24.1 Å². The van der Waals surface area contributed by atoms with Crippen molar-refractivity contribution in [2.75, 3.05) is 22.9 Å². The Kier molecular flexibility index (Phi) is 4.64. The average molecular weight is 438 g/mol. The molecular formula is C25H23N7O. The molecule has 33 heavy (non-hydrogen) atoms. The molecule has 164 valence electrons. The van der Waals surface area contributed by atoms with Crippen LogP contribution in [0.3, 0.4) is 0 Å². The van der Waals surface area contributed by atoms with Crippen LogP contribution in [0.25, 0.3) is 22.5 Å². The second-order valence-electron chi connectivity index (χ2n) is 8.58. The summed E-state index contributed by atoms with van der Waals surface area (Å²) in [5.74, 6) is 0.694. The van der Waals surface area contributed by atoms with Crippen LogP contribution in [0.1, 0.15) is 6.42 Å². The lowest BCUT2D eigenvalue weighted by atomic mass is 10.1. The quantitative estimate of drug-likeness (QED) is 0.486. The van der Waals surface area contributed by atoms with Crippen LogP contribution in [-0.2, 0) is 7.05 Å². The van der Waals surface area contributed by atoms with E-state index >= 15 is 0 Å². The van der Waals surface area contributed by atoms with Crippen LogP contribution in [0.5, 0.6) is 0 Å². The van der Waals surface area contributed by atoms with E-state index in [1.54, 1.807) is 23.9 Å². The predicted octanol–water partition coefficient (Wildman–Crippen LogP) is 2.77. The number of nitrogens with zero attached hydrogens (tertiary/aromatic N) is 7. The number of piperazine rings is 1. The number of rotatable bonds is 4. The Morgan fingerprint density at radius 1 is 0.879 bits per heavy atom. The zero-order valence-electron chi connectivity index (χ0n) is 18.2. The molecule has 4 aromatic rings. The predicted molar refractivity (Wildman–Crippen MR) is 127 cm³/mol. The molecule has 0 amide bonds. The van der Waals surface area contributed by atoms with Crippen molar-refractivity contribution in [2.45, 2.75) is 18.5 Å². The van der Waals surface area contributed by atoms with Gasteiger partial charge < -0.3 is 9.80 Å². The van der Waals surface area contributed by atoms with Crippen molar-refractivity contribution >= 4 is 11.6 Å². The summed E-state index contributed by atoms with van der Waals surface area (Å²) in [6.45, 7) is 1.69. The van der Waals surface area contributed by atoms with E-state index in [4.69, 9.17) is 4.98 Å². The molecule has 2 aliphatic heterocycles. The van der Waals surface area contributed by atoms with Crippen LogP contribution in [0.2, 0.25) is 0 Å². The molecule has 1 aromatic carbocycles. The lowest BCUT2D eigenvalue weighted by molar-refractivity contribution is 0.614. The van der Waals surface area contributed by atoms with Gasteiger partial charge in [-0.2, -0.15) is 0 Å². The van der Waals surface area contributed by atoms with Crippen LogP contribution in [0.15, 0.2) is 78.2 Å². The molecule has 2 aliphatic rings. The Bertz CT molecular complexity index is 1360. The van der Waals surface area contributed by atoms with Crippen molar-refractivity contribution in [2.24, 2.45) is 7.05 Å². The van der Waals surface area contributed by atoms with Crippen molar-refractivity contribution in [1.29, 1.82) is 0 Å². The summed E-state index contributed by atoms with van der Waals surface area (Å²) in [7, 11) is 1.78. The van der Waals surface area contributed by atoms with Crippen molar-refractivity contribution in [3.63, 3.8) is 0 Å². The third-order valence-electron chi connectivity index (χ3n) is 6.62. The maximum Gasteiger partial charge on any atom is 0.255 e.